The van der Waals surface area contributed by atoms with Crippen molar-refractivity contribution in [3.05, 3.63) is 45.7 Å². The smallest absolute Gasteiger partial charge is 0.361 e. The van der Waals surface area contributed by atoms with Crippen molar-refractivity contribution in [1.29, 1.82) is 0 Å². The van der Waals surface area contributed by atoms with Gasteiger partial charge in [0.2, 0.25) is 5.69 Å². The van der Waals surface area contributed by atoms with Crippen molar-refractivity contribution in [2.45, 2.75) is 6.54 Å². The number of carbonyl (C=O) groups is 3. The second-order valence-corrected chi connectivity index (χ2v) is 5.27. The van der Waals surface area contributed by atoms with E-state index in [-0.39, 0.29) is 23.7 Å². The van der Waals surface area contributed by atoms with Gasteiger partial charge in [-0.05, 0) is 12.1 Å². The highest BCUT2D eigenvalue weighted by Crippen LogP contribution is 2.13. The average molecular weight is 382 g/mol. The summed E-state index contributed by atoms with van der Waals surface area (Å²) >= 11 is 3.28. The third kappa shape index (κ3) is 3.62. The van der Waals surface area contributed by atoms with Crippen LogP contribution in [0.25, 0.3) is 0 Å². The van der Waals surface area contributed by atoms with Gasteiger partial charge in [0, 0.05) is 10.0 Å². The third-order valence-corrected chi connectivity index (χ3v) is 3.48. The molecule has 1 aromatic heterocycles. The molecule has 0 fully saturated rings. The van der Waals surface area contributed by atoms with Crippen molar-refractivity contribution in [3.8, 4) is 0 Å². The average Bonchev–Trinajstić information content (AvgIpc) is 2.97. The molecule has 2 rings (SSSR count). The van der Waals surface area contributed by atoms with E-state index in [9.17, 15) is 14.4 Å². The van der Waals surface area contributed by atoms with Gasteiger partial charge in [0.25, 0.3) is 0 Å². The summed E-state index contributed by atoms with van der Waals surface area (Å²) in [6.07, 6.45) is 0. The van der Waals surface area contributed by atoms with Gasteiger partial charge in [-0.15, -0.1) is 5.10 Å². The van der Waals surface area contributed by atoms with Gasteiger partial charge < -0.3 is 9.47 Å². The van der Waals surface area contributed by atoms with Gasteiger partial charge in [0.05, 0.1) is 14.2 Å². The summed E-state index contributed by atoms with van der Waals surface area (Å²) in [5.74, 6) is -1.98. The number of halogens is 1. The molecule has 1 aromatic carbocycles. The number of aromatic nitrogens is 3. The van der Waals surface area contributed by atoms with Gasteiger partial charge in [0.15, 0.2) is 11.5 Å². The Balaban J connectivity index is 2.34. The molecular weight excluding hydrogens is 370 g/mol. The molecule has 120 valence electrons. The first kappa shape index (κ1) is 16.8. The van der Waals surface area contributed by atoms with Gasteiger partial charge in [-0.1, -0.05) is 33.3 Å². The van der Waals surface area contributed by atoms with E-state index in [4.69, 9.17) is 0 Å². The summed E-state index contributed by atoms with van der Waals surface area (Å²) in [6, 6.07) is 6.69. The highest BCUT2D eigenvalue weighted by molar-refractivity contribution is 9.10. The standard InChI is InChI=1S/C14H12BrN3O5/c1-22-13(20)11-12(14(21)23-2)18(17-16-11)7-10(19)8-3-5-9(15)6-4-8/h3-6H,7H2,1-2H3. The Kier molecular flexibility index (Phi) is 5.22. The minimum absolute atomic E-state index is 0.232. The SMILES string of the molecule is COC(=O)c1nnn(CC(=O)c2ccc(Br)cc2)c1C(=O)OC. The molecule has 0 aliphatic carbocycles. The zero-order chi connectivity index (χ0) is 17.0. The second kappa shape index (κ2) is 7.14. The highest BCUT2D eigenvalue weighted by atomic mass is 79.9. The fraction of sp³-hybridized carbons (Fsp3) is 0.214. The van der Waals surface area contributed by atoms with Gasteiger partial charge >= 0.3 is 11.9 Å². The van der Waals surface area contributed by atoms with Crippen molar-refractivity contribution in [3.63, 3.8) is 0 Å². The van der Waals surface area contributed by atoms with E-state index in [2.05, 4.69) is 35.7 Å². The molecule has 0 bridgehead atoms. The number of carbonyl (C=O) groups excluding carboxylic acids is 3. The number of ether oxygens (including phenoxy) is 2. The predicted octanol–water partition coefficient (Wildman–Crippen LogP) is 1.50. The number of benzene rings is 1. The Bertz CT molecular complexity index is 754. The topological polar surface area (TPSA) is 100 Å². The molecule has 0 saturated heterocycles. The fourth-order valence-electron chi connectivity index (χ4n) is 1.82. The highest BCUT2D eigenvalue weighted by Gasteiger charge is 2.27. The second-order valence-electron chi connectivity index (χ2n) is 4.36. The molecule has 0 saturated carbocycles. The number of nitrogens with zero attached hydrogens (tertiary/aromatic N) is 3. The summed E-state index contributed by atoms with van der Waals surface area (Å²) in [7, 11) is 2.30. The minimum Gasteiger partial charge on any atom is -0.464 e. The van der Waals surface area contributed by atoms with Crippen LogP contribution in [0.15, 0.2) is 28.7 Å². The normalized spacial score (nSPS) is 10.2. The van der Waals surface area contributed by atoms with E-state index in [1.165, 1.54) is 0 Å². The maximum atomic E-state index is 12.3. The first-order chi connectivity index (χ1) is 11.0. The maximum absolute atomic E-state index is 12.3. The van der Waals surface area contributed by atoms with Gasteiger partial charge in [-0.3, -0.25) is 4.79 Å². The molecule has 0 aliphatic rings. The maximum Gasteiger partial charge on any atom is 0.361 e. The molecular formula is C14H12BrN3O5. The Morgan fingerprint density at radius 2 is 1.70 bits per heavy atom. The summed E-state index contributed by atoms with van der Waals surface area (Å²) in [4.78, 5) is 35.7. The molecule has 0 radical (unpaired) electrons. The molecule has 1 heterocycles. The molecule has 2 aromatic rings. The first-order valence-electron chi connectivity index (χ1n) is 6.36. The van der Waals surface area contributed by atoms with E-state index < -0.39 is 11.9 Å². The van der Waals surface area contributed by atoms with E-state index in [1.54, 1.807) is 24.3 Å². The lowest BCUT2D eigenvalue weighted by atomic mass is 10.1. The zero-order valence-electron chi connectivity index (χ0n) is 12.3. The van der Waals surface area contributed by atoms with Crippen molar-refractivity contribution in [2.75, 3.05) is 14.2 Å². The van der Waals surface area contributed by atoms with Crippen molar-refractivity contribution < 1.29 is 23.9 Å². The summed E-state index contributed by atoms with van der Waals surface area (Å²) in [5, 5.41) is 7.27. The number of hydrogen-bond donors (Lipinski definition) is 0. The molecule has 0 N–H and O–H groups in total. The number of ketones is 1. The quantitative estimate of drug-likeness (QED) is 0.571. The zero-order valence-corrected chi connectivity index (χ0v) is 13.9. The molecule has 0 amide bonds. The van der Waals surface area contributed by atoms with Gasteiger partial charge in [0.1, 0.15) is 6.54 Å². The lowest BCUT2D eigenvalue weighted by Gasteiger charge is -2.05. The number of rotatable bonds is 5. The van der Waals surface area contributed by atoms with E-state index >= 15 is 0 Å². The molecule has 23 heavy (non-hydrogen) atoms. The largest absolute Gasteiger partial charge is 0.464 e. The van der Waals surface area contributed by atoms with Crippen LogP contribution < -0.4 is 0 Å². The van der Waals surface area contributed by atoms with Crippen LogP contribution in [0.5, 0.6) is 0 Å². The van der Waals surface area contributed by atoms with E-state index in [0.29, 0.717) is 5.56 Å². The van der Waals surface area contributed by atoms with Crippen LogP contribution in [-0.2, 0) is 16.0 Å². The number of hydrogen-bond acceptors (Lipinski definition) is 7. The molecule has 0 aliphatic heterocycles. The Morgan fingerprint density at radius 3 is 2.26 bits per heavy atom. The third-order valence-electron chi connectivity index (χ3n) is 2.95. The fourth-order valence-corrected chi connectivity index (χ4v) is 2.08. The van der Waals surface area contributed by atoms with Crippen LogP contribution in [0.4, 0.5) is 0 Å². The Hall–Kier alpha value is -2.55. The minimum atomic E-state index is -0.840. The van der Waals surface area contributed by atoms with Crippen LogP contribution in [0, 0.1) is 0 Å². The number of Topliss-reactive ketones (excluding diaryl/α,β-unsaturated/α-hetero) is 1. The Morgan fingerprint density at radius 1 is 1.09 bits per heavy atom. The van der Waals surface area contributed by atoms with Crippen molar-refractivity contribution in [2.24, 2.45) is 0 Å². The van der Waals surface area contributed by atoms with Crippen LogP contribution >= 0.6 is 15.9 Å². The molecule has 0 atom stereocenters. The number of methoxy groups -OCH3 is 2. The molecule has 0 unspecified atom stereocenters. The summed E-state index contributed by atoms with van der Waals surface area (Å²) in [6.45, 7) is -0.268. The van der Waals surface area contributed by atoms with Crippen LogP contribution in [0.1, 0.15) is 31.3 Å². The summed E-state index contributed by atoms with van der Waals surface area (Å²) < 4.78 is 11.0. The van der Waals surface area contributed by atoms with Crippen LogP contribution in [-0.4, -0.2) is 46.9 Å². The lowest BCUT2D eigenvalue weighted by Crippen LogP contribution is -2.20. The molecule has 9 heteroatoms. The van der Waals surface area contributed by atoms with Gasteiger partial charge in [-0.2, -0.15) is 0 Å². The van der Waals surface area contributed by atoms with E-state index in [1.807, 2.05) is 0 Å². The first-order valence-corrected chi connectivity index (χ1v) is 7.16. The monoisotopic (exact) mass is 381 g/mol. The molecule has 0 spiro atoms. The lowest BCUT2D eigenvalue weighted by molar-refractivity contribution is 0.0543. The summed E-state index contributed by atoms with van der Waals surface area (Å²) in [5.41, 5.74) is -0.105. The van der Waals surface area contributed by atoms with Gasteiger partial charge in [-0.25, -0.2) is 14.3 Å². The molecule has 8 nitrogen and oxygen atoms in total. The van der Waals surface area contributed by atoms with Crippen molar-refractivity contribution in [1.82, 2.24) is 15.0 Å². The van der Waals surface area contributed by atoms with Crippen LogP contribution in [0.3, 0.4) is 0 Å². The van der Waals surface area contributed by atoms with Crippen LogP contribution in [0.2, 0.25) is 0 Å². The number of esters is 2. The van der Waals surface area contributed by atoms with Crippen molar-refractivity contribution >= 4 is 33.7 Å². The predicted molar refractivity (Wildman–Crippen MR) is 81.2 cm³/mol. The van der Waals surface area contributed by atoms with E-state index in [0.717, 1.165) is 23.4 Å². The Labute approximate surface area is 139 Å².